The van der Waals surface area contributed by atoms with Gasteiger partial charge in [0.05, 0.1) is 5.56 Å². The van der Waals surface area contributed by atoms with E-state index in [2.05, 4.69) is 4.90 Å². The fourth-order valence-corrected chi connectivity index (χ4v) is 2.84. The van der Waals surface area contributed by atoms with Crippen LogP contribution in [0.15, 0.2) is 18.2 Å². The van der Waals surface area contributed by atoms with E-state index in [9.17, 15) is 4.79 Å². The van der Waals surface area contributed by atoms with E-state index in [1.165, 1.54) is 6.07 Å². The monoisotopic (exact) mass is 297 g/mol. The lowest BCUT2D eigenvalue weighted by Crippen LogP contribution is -2.34. The molecule has 1 N–H and O–H groups in total. The molecule has 4 nitrogen and oxygen atoms in total. The first-order valence-electron chi connectivity index (χ1n) is 6.83. The highest BCUT2D eigenvalue weighted by atomic mass is 35.5. The first-order chi connectivity index (χ1) is 9.60. The summed E-state index contributed by atoms with van der Waals surface area (Å²) in [7, 11) is 1.75. The number of hydrogen-bond donors (Lipinski definition) is 1. The molecule has 1 aliphatic rings. The molecular formula is C15H20ClNO3. The maximum Gasteiger partial charge on any atom is 0.335 e. The van der Waals surface area contributed by atoms with Gasteiger partial charge in [-0.25, -0.2) is 4.79 Å². The van der Waals surface area contributed by atoms with Crippen LogP contribution in [0.25, 0.3) is 0 Å². The molecule has 1 heterocycles. The molecule has 1 aromatic rings. The Labute approximate surface area is 124 Å². The molecule has 5 heteroatoms. The molecule has 0 bridgehead atoms. The molecule has 1 aromatic carbocycles. The third-order valence-corrected chi connectivity index (χ3v) is 4.16. The third kappa shape index (κ3) is 3.95. The van der Waals surface area contributed by atoms with Gasteiger partial charge in [0, 0.05) is 25.3 Å². The summed E-state index contributed by atoms with van der Waals surface area (Å²) in [6.45, 7) is 3.68. The van der Waals surface area contributed by atoms with Crippen LogP contribution < -0.4 is 0 Å². The molecular weight excluding hydrogens is 278 g/mol. The summed E-state index contributed by atoms with van der Waals surface area (Å²) in [4.78, 5) is 13.2. The first kappa shape index (κ1) is 15.3. The van der Waals surface area contributed by atoms with Crippen LogP contribution in [0, 0.1) is 5.92 Å². The molecule has 0 radical (unpaired) electrons. The number of carboxylic acid groups (broad SMARTS) is 1. The van der Waals surface area contributed by atoms with Gasteiger partial charge in [0.1, 0.15) is 0 Å². The lowest BCUT2D eigenvalue weighted by Gasteiger charge is -2.31. The second-order valence-corrected chi connectivity index (χ2v) is 5.69. The van der Waals surface area contributed by atoms with E-state index < -0.39 is 5.97 Å². The number of ether oxygens (including phenoxy) is 1. The number of nitrogens with zero attached hydrogens (tertiary/aromatic N) is 1. The molecule has 110 valence electrons. The van der Waals surface area contributed by atoms with Crippen molar-refractivity contribution >= 4 is 17.6 Å². The Kier molecular flexibility index (Phi) is 5.40. The average Bonchev–Trinajstić information content (AvgIpc) is 2.43. The second kappa shape index (κ2) is 7.07. The van der Waals surface area contributed by atoms with Crippen LogP contribution in [0.1, 0.15) is 28.8 Å². The van der Waals surface area contributed by atoms with Crippen LogP contribution in [-0.2, 0) is 11.3 Å². The lowest BCUT2D eigenvalue weighted by molar-refractivity contribution is 0.0697. The van der Waals surface area contributed by atoms with E-state index in [0.717, 1.165) is 44.6 Å². The number of carboxylic acids is 1. The average molecular weight is 298 g/mol. The van der Waals surface area contributed by atoms with Gasteiger partial charge in [0.15, 0.2) is 0 Å². The van der Waals surface area contributed by atoms with Gasteiger partial charge in [0.2, 0.25) is 0 Å². The topological polar surface area (TPSA) is 49.8 Å². The molecule has 1 aliphatic heterocycles. The van der Waals surface area contributed by atoms with Crippen LogP contribution in [0.2, 0.25) is 5.02 Å². The fraction of sp³-hybridized carbons (Fsp3) is 0.533. The highest BCUT2D eigenvalue weighted by Crippen LogP contribution is 2.23. The Balaban J connectivity index is 1.93. The highest BCUT2D eigenvalue weighted by molar-refractivity contribution is 6.31. The Morgan fingerprint density at radius 2 is 2.15 bits per heavy atom. The lowest BCUT2D eigenvalue weighted by atomic mass is 9.97. The minimum Gasteiger partial charge on any atom is -0.478 e. The van der Waals surface area contributed by atoms with Crippen molar-refractivity contribution in [2.45, 2.75) is 19.4 Å². The summed E-state index contributed by atoms with van der Waals surface area (Å²) in [6, 6.07) is 4.95. The zero-order valence-electron chi connectivity index (χ0n) is 11.6. The zero-order chi connectivity index (χ0) is 14.5. The molecule has 0 unspecified atom stereocenters. The minimum absolute atomic E-state index is 0.234. The van der Waals surface area contributed by atoms with Crippen molar-refractivity contribution in [3.8, 4) is 0 Å². The molecule has 0 aromatic heterocycles. The van der Waals surface area contributed by atoms with Crippen LogP contribution in [0.4, 0.5) is 0 Å². The molecule has 1 saturated heterocycles. The van der Waals surface area contributed by atoms with E-state index in [1.807, 2.05) is 6.07 Å². The molecule has 0 saturated carbocycles. The Hall–Kier alpha value is -1.10. The van der Waals surface area contributed by atoms with Gasteiger partial charge in [0.25, 0.3) is 0 Å². The number of likely N-dealkylation sites (tertiary alicyclic amines) is 1. The number of carbonyl (C=O) groups is 1. The fourth-order valence-electron chi connectivity index (χ4n) is 2.60. The van der Waals surface area contributed by atoms with Crippen LogP contribution >= 0.6 is 11.6 Å². The Morgan fingerprint density at radius 1 is 1.45 bits per heavy atom. The van der Waals surface area contributed by atoms with Gasteiger partial charge < -0.3 is 9.84 Å². The summed E-state index contributed by atoms with van der Waals surface area (Å²) < 4.78 is 5.19. The molecule has 1 fully saturated rings. The molecule has 0 amide bonds. The van der Waals surface area contributed by atoms with Crippen molar-refractivity contribution in [2.24, 2.45) is 5.92 Å². The van der Waals surface area contributed by atoms with Crippen molar-refractivity contribution in [3.05, 3.63) is 34.3 Å². The summed E-state index contributed by atoms with van der Waals surface area (Å²) in [5, 5.41) is 9.45. The van der Waals surface area contributed by atoms with Gasteiger partial charge >= 0.3 is 5.97 Å². The first-order valence-corrected chi connectivity index (χ1v) is 7.21. The van der Waals surface area contributed by atoms with E-state index in [0.29, 0.717) is 10.9 Å². The number of methoxy groups -OCH3 is 1. The van der Waals surface area contributed by atoms with Gasteiger partial charge in [-0.15, -0.1) is 0 Å². The normalized spacial score (nSPS) is 17.3. The minimum atomic E-state index is -0.946. The maximum absolute atomic E-state index is 10.9. The van der Waals surface area contributed by atoms with E-state index in [1.54, 1.807) is 13.2 Å². The number of hydrogen-bond acceptors (Lipinski definition) is 3. The number of aromatic carboxylic acids is 1. The summed E-state index contributed by atoms with van der Waals surface area (Å²) in [5.41, 5.74) is 1.22. The number of halogens is 1. The Morgan fingerprint density at radius 3 is 2.70 bits per heavy atom. The number of piperidine rings is 1. The SMILES string of the molecule is COCC1CCN(Cc2ccc(C(=O)O)cc2Cl)CC1. The van der Waals surface area contributed by atoms with Crippen LogP contribution in [-0.4, -0.2) is 42.8 Å². The van der Waals surface area contributed by atoms with E-state index >= 15 is 0 Å². The quantitative estimate of drug-likeness (QED) is 0.908. The molecule has 0 spiro atoms. The summed E-state index contributed by atoms with van der Waals surface area (Å²) in [6.07, 6.45) is 2.28. The molecule has 2 rings (SSSR count). The second-order valence-electron chi connectivity index (χ2n) is 5.29. The molecule has 20 heavy (non-hydrogen) atoms. The van der Waals surface area contributed by atoms with Gasteiger partial charge in [-0.3, -0.25) is 4.90 Å². The largest absolute Gasteiger partial charge is 0.478 e. The maximum atomic E-state index is 10.9. The van der Waals surface area contributed by atoms with E-state index in [-0.39, 0.29) is 5.56 Å². The smallest absolute Gasteiger partial charge is 0.335 e. The van der Waals surface area contributed by atoms with Crippen LogP contribution in [0.3, 0.4) is 0 Å². The predicted octanol–water partition coefficient (Wildman–Crippen LogP) is 2.90. The number of benzene rings is 1. The van der Waals surface area contributed by atoms with E-state index in [4.69, 9.17) is 21.4 Å². The van der Waals surface area contributed by atoms with Crippen molar-refractivity contribution in [2.75, 3.05) is 26.8 Å². The van der Waals surface area contributed by atoms with Gasteiger partial charge in [-0.2, -0.15) is 0 Å². The standard InChI is InChI=1S/C15H20ClNO3/c1-20-10-11-4-6-17(7-5-11)9-13-3-2-12(15(18)19)8-14(13)16/h2-3,8,11H,4-7,9-10H2,1H3,(H,18,19). The summed E-state index contributed by atoms with van der Waals surface area (Å²) >= 11 is 6.16. The number of rotatable bonds is 5. The zero-order valence-corrected chi connectivity index (χ0v) is 12.4. The van der Waals surface area contributed by atoms with Gasteiger partial charge in [-0.1, -0.05) is 17.7 Å². The Bertz CT molecular complexity index is 470. The molecule has 0 atom stereocenters. The van der Waals surface area contributed by atoms with Crippen LogP contribution in [0.5, 0.6) is 0 Å². The predicted molar refractivity (Wildman–Crippen MR) is 78.3 cm³/mol. The van der Waals surface area contributed by atoms with Crippen molar-refractivity contribution < 1.29 is 14.6 Å². The summed E-state index contributed by atoms with van der Waals surface area (Å²) in [5.74, 6) is -0.292. The molecule has 0 aliphatic carbocycles. The van der Waals surface area contributed by atoms with Crippen molar-refractivity contribution in [3.63, 3.8) is 0 Å². The highest BCUT2D eigenvalue weighted by Gasteiger charge is 2.19. The van der Waals surface area contributed by atoms with Crippen molar-refractivity contribution in [1.82, 2.24) is 4.90 Å². The van der Waals surface area contributed by atoms with Gasteiger partial charge in [-0.05, 0) is 49.5 Å². The van der Waals surface area contributed by atoms with Crippen molar-refractivity contribution in [1.29, 1.82) is 0 Å². The third-order valence-electron chi connectivity index (χ3n) is 3.80.